The van der Waals surface area contributed by atoms with Crippen molar-refractivity contribution in [3.05, 3.63) is 89.9 Å². The van der Waals surface area contributed by atoms with Crippen molar-refractivity contribution in [3.8, 4) is 0 Å². The minimum atomic E-state index is -0.278. The van der Waals surface area contributed by atoms with Gasteiger partial charge in [-0.3, -0.25) is 9.78 Å². The molecule has 5 heteroatoms. The summed E-state index contributed by atoms with van der Waals surface area (Å²) in [7, 11) is 0. The molecule has 0 radical (unpaired) electrons. The van der Waals surface area contributed by atoms with Gasteiger partial charge in [0.1, 0.15) is 11.6 Å². The number of aromatic nitrogens is 1. The van der Waals surface area contributed by atoms with Crippen LogP contribution >= 0.6 is 0 Å². The first-order valence-electron chi connectivity index (χ1n) is 8.15. The van der Waals surface area contributed by atoms with E-state index in [9.17, 15) is 9.18 Å². The van der Waals surface area contributed by atoms with Crippen LogP contribution in [-0.2, 0) is 24.3 Å². The van der Waals surface area contributed by atoms with Crippen LogP contribution in [0.3, 0.4) is 0 Å². The molecule has 4 nitrogen and oxygen atoms in total. The number of halogens is 1. The first-order valence-corrected chi connectivity index (χ1v) is 8.15. The molecule has 2 aromatic heterocycles. The zero-order valence-electron chi connectivity index (χ0n) is 13.8. The Kier molecular flexibility index (Phi) is 5.57. The highest BCUT2D eigenvalue weighted by Crippen LogP contribution is 2.14. The molecule has 25 heavy (non-hydrogen) atoms. The lowest BCUT2D eigenvalue weighted by Gasteiger charge is -2.22. The van der Waals surface area contributed by atoms with Gasteiger partial charge in [-0.1, -0.05) is 24.3 Å². The second-order valence-corrected chi connectivity index (χ2v) is 5.78. The minimum Gasteiger partial charge on any atom is -0.467 e. The van der Waals surface area contributed by atoms with E-state index < -0.39 is 0 Å². The van der Waals surface area contributed by atoms with E-state index in [1.807, 2.05) is 18.2 Å². The molecule has 0 unspecified atom stereocenters. The second kappa shape index (κ2) is 8.24. The van der Waals surface area contributed by atoms with Crippen molar-refractivity contribution in [2.45, 2.75) is 25.9 Å². The Bertz CT molecular complexity index is 804. The van der Waals surface area contributed by atoms with E-state index in [0.29, 0.717) is 30.8 Å². The Morgan fingerprint density at radius 1 is 1.08 bits per heavy atom. The number of furan rings is 1. The van der Waals surface area contributed by atoms with Crippen molar-refractivity contribution in [1.82, 2.24) is 9.88 Å². The normalized spacial score (nSPS) is 10.6. The van der Waals surface area contributed by atoms with Gasteiger partial charge in [0.25, 0.3) is 0 Å². The third-order valence-corrected chi connectivity index (χ3v) is 3.94. The highest BCUT2D eigenvalue weighted by Gasteiger charge is 2.16. The number of carbonyl (C=O) groups excluding carboxylic acids is 1. The molecule has 0 bridgehead atoms. The lowest BCUT2D eigenvalue weighted by molar-refractivity contribution is -0.132. The summed E-state index contributed by atoms with van der Waals surface area (Å²) in [6, 6.07) is 13.9. The van der Waals surface area contributed by atoms with Gasteiger partial charge in [-0.2, -0.15) is 0 Å². The molecule has 1 aromatic carbocycles. The van der Waals surface area contributed by atoms with Gasteiger partial charge < -0.3 is 9.32 Å². The largest absolute Gasteiger partial charge is 0.467 e. The molecule has 0 spiro atoms. The predicted octanol–water partition coefficient (Wildman–Crippen LogP) is 3.98. The standard InChI is InChI=1S/C20H19FN2O2/c21-19-8-2-1-6-17(19)9-10-20(24)23(15-18-7-4-12-25-18)14-16-5-3-11-22-13-16/h1-8,11-13H,9-10,14-15H2. The van der Waals surface area contributed by atoms with Crippen molar-refractivity contribution in [2.24, 2.45) is 0 Å². The van der Waals surface area contributed by atoms with Gasteiger partial charge in [0.15, 0.2) is 0 Å². The number of nitrogens with zero attached hydrogens (tertiary/aromatic N) is 2. The molecule has 1 amide bonds. The molecule has 0 saturated heterocycles. The van der Waals surface area contributed by atoms with E-state index in [1.54, 1.807) is 47.8 Å². The van der Waals surface area contributed by atoms with E-state index in [4.69, 9.17) is 4.42 Å². The molecule has 0 aliphatic heterocycles. The molecule has 3 aromatic rings. The molecule has 2 heterocycles. The molecular weight excluding hydrogens is 319 g/mol. The van der Waals surface area contributed by atoms with Crippen LogP contribution in [0, 0.1) is 5.82 Å². The zero-order chi connectivity index (χ0) is 17.5. The Balaban J connectivity index is 1.69. The molecule has 0 fully saturated rings. The molecule has 128 valence electrons. The van der Waals surface area contributed by atoms with E-state index >= 15 is 0 Å². The molecular formula is C20H19FN2O2. The van der Waals surface area contributed by atoms with Crippen LogP contribution in [0.5, 0.6) is 0 Å². The van der Waals surface area contributed by atoms with Crippen molar-refractivity contribution < 1.29 is 13.6 Å². The fourth-order valence-corrected chi connectivity index (χ4v) is 2.64. The van der Waals surface area contributed by atoms with Gasteiger partial charge in [-0.25, -0.2) is 4.39 Å². The van der Waals surface area contributed by atoms with E-state index in [0.717, 1.165) is 5.56 Å². The van der Waals surface area contributed by atoms with Crippen LogP contribution < -0.4 is 0 Å². The van der Waals surface area contributed by atoms with Crippen LogP contribution in [-0.4, -0.2) is 15.8 Å². The topological polar surface area (TPSA) is 46.3 Å². The average molecular weight is 338 g/mol. The highest BCUT2D eigenvalue weighted by atomic mass is 19.1. The van der Waals surface area contributed by atoms with Gasteiger partial charge in [0.05, 0.1) is 12.8 Å². The smallest absolute Gasteiger partial charge is 0.223 e. The van der Waals surface area contributed by atoms with Crippen LogP contribution in [0.4, 0.5) is 4.39 Å². The lowest BCUT2D eigenvalue weighted by Crippen LogP contribution is -2.30. The number of carbonyl (C=O) groups is 1. The Labute approximate surface area is 145 Å². The maximum absolute atomic E-state index is 13.7. The summed E-state index contributed by atoms with van der Waals surface area (Å²) in [4.78, 5) is 18.5. The summed E-state index contributed by atoms with van der Waals surface area (Å²) >= 11 is 0. The summed E-state index contributed by atoms with van der Waals surface area (Å²) in [5, 5.41) is 0. The zero-order valence-corrected chi connectivity index (χ0v) is 13.8. The van der Waals surface area contributed by atoms with Gasteiger partial charge in [-0.15, -0.1) is 0 Å². The number of hydrogen-bond donors (Lipinski definition) is 0. The van der Waals surface area contributed by atoms with Crippen molar-refractivity contribution in [3.63, 3.8) is 0 Å². The van der Waals surface area contributed by atoms with Crippen molar-refractivity contribution in [1.29, 1.82) is 0 Å². The summed E-state index contributed by atoms with van der Waals surface area (Å²) in [6.07, 6.45) is 5.62. The summed E-state index contributed by atoms with van der Waals surface area (Å²) in [6.45, 7) is 0.808. The molecule has 3 rings (SSSR count). The SMILES string of the molecule is O=C(CCc1ccccc1F)N(Cc1cccnc1)Cc1ccco1. The Morgan fingerprint density at radius 3 is 2.68 bits per heavy atom. The maximum Gasteiger partial charge on any atom is 0.223 e. The summed E-state index contributed by atoms with van der Waals surface area (Å²) in [5.74, 6) is 0.381. The fraction of sp³-hybridized carbons (Fsp3) is 0.200. The number of pyridine rings is 1. The molecule has 0 aliphatic rings. The Hall–Kier alpha value is -2.95. The van der Waals surface area contributed by atoms with Crippen LogP contribution in [0.1, 0.15) is 23.3 Å². The van der Waals surface area contributed by atoms with Crippen LogP contribution in [0.2, 0.25) is 0 Å². The number of hydrogen-bond acceptors (Lipinski definition) is 3. The summed E-state index contributed by atoms with van der Waals surface area (Å²) in [5.41, 5.74) is 1.49. The maximum atomic E-state index is 13.7. The fourth-order valence-electron chi connectivity index (χ4n) is 2.64. The third-order valence-electron chi connectivity index (χ3n) is 3.94. The van der Waals surface area contributed by atoms with Gasteiger partial charge in [-0.05, 0) is 41.8 Å². The number of amides is 1. The number of benzene rings is 1. The number of rotatable bonds is 7. The molecule has 0 atom stereocenters. The molecule has 0 saturated carbocycles. The van der Waals surface area contributed by atoms with E-state index in [2.05, 4.69) is 4.98 Å². The first-order chi connectivity index (χ1) is 12.2. The summed E-state index contributed by atoms with van der Waals surface area (Å²) < 4.78 is 19.1. The molecule has 0 aliphatic carbocycles. The van der Waals surface area contributed by atoms with Crippen LogP contribution in [0.25, 0.3) is 0 Å². The van der Waals surface area contributed by atoms with Gasteiger partial charge in [0, 0.05) is 25.4 Å². The molecule has 0 N–H and O–H groups in total. The predicted molar refractivity (Wildman–Crippen MR) is 91.9 cm³/mol. The monoisotopic (exact) mass is 338 g/mol. The minimum absolute atomic E-state index is 0.0523. The first kappa shape index (κ1) is 16.9. The van der Waals surface area contributed by atoms with Gasteiger partial charge in [0.2, 0.25) is 5.91 Å². The van der Waals surface area contributed by atoms with E-state index in [-0.39, 0.29) is 18.1 Å². The quantitative estimate of drug-likeness (QED) is 0.655. The van der Waals surface area contributed by atoms with Gasteiger partial charge >= 0.3 is 0 Å². The number of aryl methyl sites for hydroxylation is 1. The second-order valence-electron chi connectivity index (χ2n) is 5.78. The highest BCUT2D eigenvalue weighted by molar-refractivity contribution is 5.76. The Morgan fingerprint density at radius 2 is 1.96 bits per heavy atom. The third kappa shape index (κ3) is 4.76. The van der Waals surface area contributed by atoms with E-state index in [1.165, 1.54) is 6.07 Å². The average Bonchev–Trinajstić information content (AvgIpc) is 3.14. The van der Waals surface area contributed by atoms with Crippen LogP contribution in [0.15, 0.2) is 71.6 Å². The lowest BCUT2D eigenvalue weighted by atomic mass is 10.1. The van der Waals surface area contributed by atoms with Crippen molar-refractivity contribution >= 4 is 5.91 Å². The van der Waals surface area contributed by atoms with Crippen molar-refractivity contribution in [2.75, 3.05) is 0 Å².